The van der Waals surface area contributed by atoms with Crippen molar-refractivity contribution >= 4 is 11.6 Å². The van der Waals surface area contributed by atoms with Crippen LogP contribution in [0, 0.1) is 0 Å². The summed E-state index contributed by atoms with van der Waals surface area (Å²) < 4.78 is 5.96. The Kier molecular flexibility index (Phi) is 6.27. The minimum absolute atomic E-state index is 0.814. The summed E-state index contributed by atoms with van der Waals surface area (Å²) in [6, 6.07) is 26.5. The van der Waals surface area contributed by atoms with E-state index in [-0.39, 0.29) is 0 Å². The van der Waals surface area contributed by atoms with Crippen LogP contribution in [-0.4, -0.2) is 36.0 Å². The van der Waals surface area contributed by atoms with Gasteiger partial charge in [0.1, 0.15) is 11.5 Å². The summed E-state index contributed by atoms with van der Waals surface area (Å²) >= 11 is 6.10. The Bertz CT molecular complexity index is 892. The lowest BCUT2D eigenvalue weighted by atomic mass is 10.1. The van der Waals surface area contributed by atoms with Gasteiger partial charge in [-0.3, -0.25) is 9.80 Å². The summed E-state index contributed by atoms with van der Waals surface area (Å²) in [4.78, 5) is 5.01. The molecule has 3 aromatic carbocycles. The van der Waals surface area contributed by atoms with Gasteiger partial charge in [-0.2, -0.15) is 0 Å². The molecule has 1 aliphatic rings. The van der Waals surface area contributed by atoms with Crippen LogP contribution in [0.15, 0.2) is 78.9 Å². The van der Waals surface area contributed by atoms with E-state index in [1.807, 2.05) is 48.5 Å². The van der Waals surface area contributed by atoms with Gasteiger partial charge >= 0.3 is 0 Å². The third-order valence-corrected chi connectivity index (χ3v) is 5.28. The number of rotatable bonds is 6. The standard InChI is InChI=1S/C24H25ClN2O/c25-22-8-4-6-20(16-22)18-26-12-14-27(15-13-26)19-21-7-5-11-24(17-21)28-23-9-2-1-3-10-23/h1-11,16-17H,12-15,18-19H2. The lowest BCUT2D eigenvalue weighted by molar-refractivity contribution is 0.122. The first kappa shape index (κ1) is 19.0. The summed E-state index contributed by atoms with van der Waals surface area (Å²) in [5.74, 6) is 1.76. The Balaban J connectivity index is 1.29. The fourth-order valence-electron chi connectivity index (χ4n) is 3.59. The predicted octanol–water partition coefficient (Wildman–Crippen LogP) is 5.45. The first-order valence-electron chi connectivity index (χ1n) is 9.76. The molecule has 4 rings (SSSR count). The maximum absolute atomic E-state index is 6.10. The maximum Gasteiger partial charge on any atom is 0.127 e. The summed E-state index contributed by atoms with van der Waals surface area (Å²) in [6.45, 7) is 6.22. The van der Waals surface area contributed by atoms with Crippen molar-refractivity contribution < 1.29 is 4.74 Å². The van der Waals surface area contributed by atoms with Gasteiger partial charge in [0.25, 0.3) is 0 Å². The molecule has 0 spiro atoms. The van der Waals surface area contributed by atoms with Gasteiger partial charge in [0, 0.05) is 44.3 Å². The quantitative estimate of drug-likeness (QED) is 0.554. The first-order valence-corrected chi connectivity index (χ1v) is 10.1. The molecule has 0 unspecified atom stereocenters. The topological polar surface area (TPSA) is 15.7 Å². The molecule has 0 radical (unpaired) electrons. The van der Waals surface area contributed by atoms with E-state index in [1.54, 1.807) is 0 Å². The number of halogens is 1. The van der Waals surface area contributed by atoms with E-state index in [9.17, 15) is 0 Å². The third kappa shape index (κ3) is 5.35. The molecule has 3 aromatic rings. The molecule has 0 atom stereocenters. The molecule has 28 heavy (non-hydrogen) atoms. The molecule has 4 heteroatoms. The monoisotopic (exact) mass is 392 g/mol. The molecule has 0 aromatic heterocycles. The van der Waals surface area contributed by atoms with Gasteiger partial charge in [0.05, 0.1) is 0 Å². The first-order chi connectivity index (χ1) is 13.7. The predicted molar refractivity (Wildman–Crippen MR) is 115 cm³/mol. The second-order valence-corrected chi connectivity index (χ2v) is 7.68. The van der Waals surface area contributed by atoms with Crippen LogP contribution in [0.25, 0.3) is 0 Å². The number of nitrogens with zero attached hydrogens (tertiary/aromatic N) is 2. The number of benzene rings is 3. The Morgan fingerprint density at radius 3 is 1.86 bits per heavy atom. The molecule has 0 amide bonds. The Morgan fingerprint density at radius 2 is 1.21 bits per heavy atom. The van der Waals surface area contributed by atoms with Crippen molar-refractivity contribution in [3.63, 3.8) is 0 Å². The van der Waals surface area contributed by atoms with E-state index >= 15 is 0 Å². The van der Waals surface area contributed by atoms with E-state index in [0.29, 0.717) is 0 Å². The second kappa shape index (κ2) is 9.24. The highest BCUT2D eigenvalue weighted by Crippen LogP contribution is 2.23. The van der Waals surface area contributed by atoms with Crippen LogP contribution >= 0.6 is 11.6 Å². The molecule has 1 heterocycles. The van der Waals surface area contributed by atoms with Crippen LogP contribution in [0.4, 0.5) is 0 Å². The number of hydrogen-bond donors (Lipinski definition) is 0. The van der Waals surface area contributed by atoms with Gasteiger partial charge in [-0.1, -0.05) is 54.1 Å². The van der Waals surface area contributed by atoms with Gasteiger partial charge in [0.15, 0.2) is 0 Å². The maximum atomic E-state index is 6.10. The smallest absolute Gasteiger partial charge is 0.127 e. The van der Waals surface area contributed by atoms with E-state index in [2.05, 4.69) is 40.1 Å². The summed E-state index contributed by atoms with van der Waals surface area (Å²) in [7, 11) is 0. The fourth-order valence-corrected chi connectivity index (χ4v) is 3.80. The van der Waals surface area contributed by atoms with Gasteiger partial charge < -0.3 is 4.74 Å². The zero-order valence-corrected chi connectivity index (χ0v) is 16.7. The second-order valence-electron chi connectivity index (χ2n) is 7.24. The normalized spacial score (nSPS) is 15.5. The van der Waals surface area contributed by atoms with Crippen molar-refractivity contribution in [2.24, 2.45) is 0 Å². The Morgan fingerprint density at radius 1 is 0.643 bits per heavy atom. The molecule has 0 N–H and O–H groups in total. The van der Waals surface area contributed by atoms with Crippen molar-refractivity contribution in [1.82, 2.24) is 9.80 Å². The third-order valence-electron chi connectivity index (χ3n) is 5.04. The Labute approximate surface area is 172 Å². The number of ether oxygens (including phenoxy) is 1. The Hall–Kier alpha value is -2.33. The fraction of sp³-hybridized carbons (Fsp3) is 0.250. The van der Waals surface area contributed by atoms with Crippen molar-refractivity contribution in [2.45, 2.75) is 13.1 Å². The van der Waals surface area contributed by atoms with Crippen LogP contribution in [-0.2, 0) is 13.1 Å². The van der Waals surface area contributed by atoms with Crippen molar-refractivity contribution in [2.75, 3.05) is 26.2 Å². The molecule has 3 nitrogen and oxygen atoms in total. The average Bonchev–Trinajstić information content (AvgIpc) is 2.71. The summed E-state index contributed by atoms with van der Waals surface area (Å²) in [5, 5.41) is 0.814. The molecule has 0 bridgehead atoms. The highest BCUT2D eigenvalue weighted by molar-refractivity contribution is 6.30. The summed E-state index contributed by atoms with van der Waals surface area (Å²) in [5.41, 5.74) is 2.57. The van der Waals surface area contributed by atoms with Crippen molar-refractivity contribution in [3.05, 3.63) is 95.0 Å². The molecule has 1 fully saturated rings. The van der Waals surface area contributed by atoms with E-state index in [4.69, 9.17) is 16.3 Å². The molecule has 144 valence electrons. The molecule has 0 aliphatic carbocycles. The molecule has 0 saturated carbocycles. The number of para-hydroxylation sites is 1. The molecular formula is C24H25ClN2O. The zero-order chi connectivity index (χ0) is 19.2. The van der Waals surface area contributed by atoms with Crippen molar-refractivity contribution in [1.29, 1.82) is 0 Å². The van der Waals surface area contributed by atoms with E-state index in [0.717, 1.165) is 55.8 Å². The molecule has 1 aliphatic heterocycles. The van der Waals surface area contributed by atoms with Crippen LogP contribution in [0.2, 0.25) is 5.02 Å². The van der Waals surface area contributed by atoms with E-state index in [1.165, 1.54) is 11.1 Å². The van der Waals surface area contributed by atoms with Gasteiger partial charge in [0.2, 0.25) is 0 Å². The van der Waals surface area contributed by atoms with Crippen molar-refractivity contribution in [3.8, 4) is 11.5 Å². The van der Waals surface area contributed by atoms with Gasteiger partial charge in [-0.15, -0.1) is 0 Å². The van der Waals surface area contributed by atoms with Crippen LogP contribution in [0.5, 0.6) is 11.5 Å². The van der Waals surface area contributed by atoms with Crippen LogP contribution in [0.1, 0.15) is 11.1 Å². The van der Waals surface area contributed by atoms with Gasteiger partial charge in [-0.05, 0) is 47.5 Å². The number of hydrogen-bond acceptors (Lipinski definition) is 3. The minimum atomic E-state index is 0.814. The van der Waals surface area contributed by atoms with E-state index < -0.39 is 0 Å². The van der Waals surface area contributed by atoms with Crippen LogP contribution < -0.4 is 4.74 Å². The zero-order valence-electron chi connectivity index (χ0n) is 15.9. The highest BCUT2D eigenvalue weighted by atomic mass is 35.5. The highest BCUT2D eigenvalue weighted by Gasteiger charge is 2.17. The average molecular weight is 393 g/mol. The van der Waals surface area contributed by atoms with Gasteiger partial charge in [-0.25, -0.2) is 0 Å². The van der Waals surface area contributed by atoms with Crippen LogP contribution in [0.3, 0.4) is 0 Å². The lowest BCUT2D eigenvalue weighted by Gasteiger charge is -2.34. The lowest BCUT2D eigenvalue weighted by Crippen LogP contribution is -2.45. The summed E-state index contributed by atoms with van der Waals surface area (Å²) in [6.07, 6.45) is 0. The molecule has 1 saturated heterocycles. The minimum Gasteiger partial charge on any atom is -0.457 e. The SMILES string of the molecule is Clc1cccc(CN2CCN(Cc3cccc(Oc4ccccc4)c3)CC2)c1. The largest absolute Gasteiger partial charge is 0.457 e. The number of piperazine rings is 1. The molecular weight excluding hydrogens is 368 g/mol.